The van der Waals surface area contributed by atoms with Crippen LogP contribution in [0.3, 0.4) is 0 Å². The summed E-state index contributed by atoms with van der Waals surface area (Å²) in [6.45, 7) is 0. The van der Waals surface area contributed by atoms with Gasteiger partial charge in [-0.25, -0.2) is 0 Å². The highest BCUT2D eigenvalue weighted by atomic mass is 32.1. The van der Waals surface area contributed by atoms with E-state index < -0.39 is 0 Å². The number of hydrogen-bond donors (Lipinski definition) is 1. The van der Waals surface area contributed by atoms with Crippen LogP contribution in [0.2, 0.25) is 0 Å². The number of H-pyrrole nitrogens is 1. The van der Waals surface area contributed by atoms with Crippen molar-refractivity contribution in [2.75, 3.05) is 0 Å². The zero-order chi connectivity index (χ0) is 16.6. The number of nitrogens with one attached hydrogen (secondary N) is 1. The summed E-state index contributed by atoms with van der Waals surface area (Å²) in [7, 11) is 0. The largest absolute Gasteiger partial charge is 0.353 e. The molecule has 0 aliphatic rings. The molecule has 1 nitrogen and oxygen atoms in total. The lowest BCUT2D eigenvalue weighted by Gasteiger charge is -1.94. The molecule has 122 valence electrons. The van der Waals surface area contributed by atoms with Crippen LogP contribution in [0, 0.1) is 0 Å². The Morgan fingerprint density at radius 1 is 0.480 bits per heavy atom. The van der Waals surface area contributed by atoms with Gasteiger partial charge in [0.15, 0.2) is 0 Å². The van der Waals surface area contributed by atoms with E-state index in [-0.39, 0.29) is 0 Å². The molecule has 0 unspecified atom stereocenters. The monoisotopic (exact) mass is 395 g/mol. The van der Waals surface area contributed by atoms with E-state index in [1.54, 1.807) is 22.7 Å². The molecule has 25 heavy (non-hydrogen) atoms. The van der Waals surface area contributed by atoms with Gasteiger partial charge >= 0.3 is 0 Å². The molecule has 0 aliphatic carbocycles. The zero-order valence-electron chi connectivity index (χ0n) is 13.1. The van der Waals surface area contributed by atoms with Crippen LogP contribution in [0.4, 0.5) is 0 Å². The molecule has 5 rings (SSSR count). The molecule has 5 aromatic rings. The van der Waals surface area contributed by atoms with Gasteiger partial charge in [0.1, 0.15) is 0 Å². The maximum absolute atomic E-state index is 3.55. The highest BCUT2D eigenvalue weighted by Gasteiger charge is 2.11. The third-order valence-corrected chi connectivity index (χ3v) is 8.33. The van der Waals surface area contributed by atoms with Gasteiger partial charge in [-0.15, -0.1) is 45.3 Å². The van der Waals surface area contributed by atoms with Crippen molar-refractivity contribution in [3.8, 4) is 40.7 Å². The average molecular weight is 396 g/mol. The van der Waals surface area contributed by atoms with E-state index in [1.807, 2.05) is 22.7 Å². The van der Waals surface area contributed by atoms with Crippen LogP contribution in [0.15, 0.2) is 71.4 Å². The zero-order valence-corrected chi connectivity index (χ0v) is 16.3. The molecule has 5 heteroatoms. The van der Waals surface area contributed by atoms with Gasteiger partial charge in [0.2, 0.25) is 0 Å². The molecule has 5 heterocycles. The smallest absolute Gasteiger partial charge is 0.0560 e. The highest BCUT2D eigenvalue weighted by molar-refractivity contribution is 7.27. The summed E-state index contributed by atoms with van der Waals surface area (Å²) >= 11 is 7.27. The third-order valence-electron chi connectivity index (χ3n) is 3.96. The van der Waals surface area contributed by atoms with E-state index in [9.17, 15) is 0 Å². The summed E-state index contributed by atoms with van der Waals surface area (Å²) in [6.07, 6.45) is 0. The van der Waals surface area contributed by atoms with Crippen LogP contribution in [-0.2, 0) is 0 Å². The Morgan fingerprint density at radius 2 is 1.00 bits per heavy atom. The van der Waals surface area contributed by atoms with Crippen molar-refractivity contribution >= 4 is 45.3 Å². The van der Waals surface area contributed by atoms with E-state index in [4.69, 9.17) is 0 Å². The first-order chi connectivity index (χ1) is 12.4. The van der Waals surface area contributed by atoms with Gasteiger partial charge in [0.05, 0.1) is 21.1 Å². The van der Waals surface area contributed by atoms with Crippen molar-refractivity contribution in [2.45, 2.75) is 0 Å². The maximum Gasteiger partial charge on any atom is 0.0560 e. The lowest BCUT2D eigenvalue weighted by molar-refractivity contribution is 1.43. The van der Waals surface area contributed by atoms with Gasteiger partial charge in [-0.1, -0.05) is 12.1 Å². The molecular formula is C20H13NS4. The SMILES string of the molecule is c1csc(-c2ccc(-c3ccc(-c4ccc(-c5cccs5)s4)s3)[nH]2)c1. The van der Waals surface area contributed by atoms with Crippen molar-refractivity contribution in [1.82, 2.24) is 4.98 Å². The van der Waals surface area contributed by atoms with Gasteiger partial charge < -0.3 is 4.98 Å². The summed E-state index contributed by atoms with van der Waals surface area (Å²) < 4.78 is 0. The minimum Gasteiger partial charge on any atom is -0.353 e. The fraction of sp³-hybridized carbons (Fsp3) is 0. The molecule has 0 aliphatic heterocycles. The fourth-order valence-corrected chi connectivity index (χ4v) is 6.38. The van der Waals surface area contributed by atoms with Crippen LogP contribution in [0.5, 0.6) is 0 Å². The van der Waals surface area contributed by atoms with E-state index in [0.29, 0.717) is 0 Å². The van der Waals surface area contributed by atoms with Crippen molar-refractivity contribution in [3.05, 3.63) is 71.4 Å². The molecule has 0 fully saturated rings. The summed E-state index contributed by atoms with van der Waals surface area (Å²) in [5, 5.41) is 4.25. The Kier molecular flexibility index (Phi) is 3.94. The standard InChI is InChI=1S/C20H13NS4/c1-3-15(22-11-1)13-5-6-14(21-13)16-7-8-19(24-16)20-10-9-18(25-20)17-4-2-12-23-17/h1-12,21H. The number of aromatic nitrogens is 1. The van der Waals surface area contributed by atoms with Gasteiger partial charge in [-0.3, -0.25) is 0 Å². The van der Waals surface area contributed by atoms with Crippen LogP contribution >= 0.6 is 45.3 Å². The predicted octanol–water partition coefficient (Wildman–Crippen LogP) is 7.93. The van der Waals surface area contributed by atoms with Crippen LogP contribution < -0.4 is 0 Å². The first-order valence-electron chi connectivity index (χ1n) is 7.84. The Hall–Kier alpha value is -1.92. The Balaban J connectivity index is 1.44. The van der Waals surface area contributed by atoms with Gasteiger partial charge in [0, 0.05) is 19.5 Å². The second-order valence-electron chi connectivity index (χ2n) is 5.57. The number of thiophene rings is 4. The lowest BCUT2D eigenvalue weighted by Crippen LogP contribution is -1.72. The molecule has 0 radical (unpaired) electrons. The van der Waals surface area contributed by atoms with E-state index in [2.05, 4.69) is 76.4 Å². The molecule has 0 saturated heterocycles. The van der Waals surface area contributed by atoms with Gasteiger partial charge in [-0.05, 0) is 59.3 Å². The third kappa shape index (κ3) is 2.93. The van der Waals surface area contributed by atoms with Gasteiger partial charge in [0.25, 0.3) is 0 Å². The molecule has 0 bridgehead atoms. The van der Waals surface area contributed by atoms with Crippen molar-refractivity contribution < 1.29 is 0 Å². The van der Waals surface area contributed by atoms with Crippen molar-refractivity contribution in [1.29, 1.82) is 0 Å². The van der Waals surface area contributed by atoms with Crippen molar-refractivity contribution in [3.63, 3.8) is 0 Å². The molecule has 0 atom stereocenters. The second-order valence-corrected chi connectivity index (χ2v) is 9.63. The van der Waals surface area contributed by atoms with E-state index in [0.717, 1.165) is 0 Å². The molecule has 0 saturated carbocycles. The Morgan fingerprint density at radius 3 is 1.64 bits per heavy atom. The molecule has 0 spiro atoms. The summed E-state index contributed by atoms with van der Waals surface area (Å²) in [6, 6.07) is 21.8. The van der Waals surface area contributed by atoms with Crippen molar-refractivity contribution in [2.24, 2.45) is 0 Å². The molecule has 1 N–H and O–H groups in total. The maximum atomic E-state index is 3.55. The normalized spacial score (nSPS) is 11.2. The average Bonchev–Trinajstić information content (AvgIpc) is 3.48. The first kappa shape index (κ1) is 15.3. The minimum absolute atomic E-state index is 1.19. The van der Waals surface area contributed by atoms with E-state index in [1.165, 1.54) is 40.7 Å². The highest BCUT2D eigenvalue weighted by Crippen LogP contribution is 2.41. The summed E-state index contributed by atoms with van der Waals surface area (Å²) in [5.74, 6) is 0. The lowest BCUT2D eigenvalue weighted by atomic mass is 10.3. The number of rotatable bonds is 4. The molecule has 5 aromatic heterocycles. The van der Waals surface area contributed by atoms with E-state index >= 15 is 0 Å². The fourth-order valence-electron chi connectivity index (χ4n) is 2.75. The molecular weight excluding hydrogens is 382 g/mol. The Bertz CT molecular complexity index is 1000. The van der Waals surface area contributed by atoms with Crippen LogP contribution in [0.25, 0.3) is 40.7 Å². The second kappa shape index (κ2) is 6.42. The summed E-state index contributed by atoms with van der Waals surface area (Å²) in [4.78, 5) is 11.5. The predicted molar refractivity (Wildman–Crippen MR) is 114 cm³/mol. The van der Waals surface area contributed by atoms with Crippen LogP contribution in [0.1, 0.15) is 0 Å². The molecule has 0 amide bonds. The molecule has 0 aromatic carbocycles. The van der Waals surface area contributed by atoms with Crippen LogP contribution in [-0.4, -0.2) is 4.98 Å². The number of aromatic amines is 1. The minimum atomic E-state index is 1.19. The number of hydrogen-bond acceptors (Lipinski definition) is 4. The van der Waals surface area contributed by atoms with Gasteiger partial charge in [-0.2, -0.15) is 0 Å². The first-order valence-corrected chi connectivity index (χ1v) is 11.2. The topological polar surface area (TPSA) is 15.8 Å². The Labute approximate surface area is 161 Å². The quantitative estimate of drug-likeness (QED) is 0.318. The summed E-state index contributed by atoms with van der Waals surface area (Å²) in [5.41, 5.74) is 2.38.